The van der Waals surface area contributed by atoms with Gasteiger partial charge in [-0.25, -0.2) is 4.39 Å². The number of carbonyl (C=O) groups excluding carboxylic acids is 1. The molecule has 2 heterocycles. The Morgan fingerprint density at radius 1 is 1.38 bits per heavy atom. The fourth-order valence-corrected chi connectivity index (χ4v) is 2.32. The Morgan fingerprint density at radius 2 is 2.19 bits per heavy atom. The number of anilines is 2. The Hall–Kier alpha value is -2.44. The van der Waals surface area contributed by atoms with Gasteiger partial charge < -0.3 is 15.2 Å². The summed E-state index contributed by atoms with van der Waals surface area (Å²) in [5, 5.41) is 13.7. The van der Waals surface area contributed by atoms with Gasteiger partial charge in [0.1, 0.15) is 11.6 Å². The Morgan fingerprint density at radius 3 is 2.90 bits per heavy atom. The van der Waals surface area contributed by atoms with Gasteiger partial charge in [0.15, 0.2) is 5.82 Å². The van der Waals surface area contributed by atoms with Crippen LogP contribution in [0.15, 0.2) is 12.1 Å². The minimum atomic E-state index is -0.394. The molecular formula is C14H16FN5O. The fourth-order valence-electron chi connectivity index (χ4n) is 2.32. The van der Waals surface area contributed by atoms with E-state index in [0.29, 0.717) is 30.8 Å². The number of fused-ring (bicyclic) bond motifs is 1. The van der Waals surface area contributed by atoms with Crippen LogP contribution in [0.1, 0.15) is 23.6 Å². The number of nitrogens with one attached hydrogen (secondary N) is 2. The summed E-state index contributed by atoms with van der Waals surface area (Å²) in [5.41, 5.74) is 1.90. The van der Waals surface area contributed by atoms with Crippen LogP contribution in [0.5, 0.6) is 0 Å². The molecule has 1 aliphatic rings. The van der Waals surface area contributed by atoms with Crippen molar-refractivity contribution in [1.82, 2.24) is 14.8 Å². The molecule has 0 fully saturated rings. The topological polar surface area (TPSA) is 71.8 Å². The molecule has 0 atom stereocenters. The van der Waals surface area contributed by atoms with Gasteiger partial charge >= 0.3 is 0 Å². The molecule has 110 valence electrons. The highest BCUT2D eigenvalue weighted by Crippen LogP contribution is 2.28. The Kier molecular flexibility index (Phi) is 3.32. The number of hydrogen-bond acceptors (Lipinski definition) is 4. The molecule has 6 nitrogen and oxygen atoms in total. The average Bonchev–Trinajstić information content (AvgIpc) is 2.77. The van der Waals surface area contributed by atoms with Crippen molar-refractivity contribution in [1.29, 1.82) is 0 Å². The molecule has 0 saturated heterocycles. The second-order valence-corrected chi connectivity index (χ2v) is 5.11. The van der Waals surface area contributed by atoms with E-state index < -0.39 is 5.82 Å². The van der Waals surface area contributed by atoms with Crippen molar-refractivity contribution in [2.45, 2.75) is 26.3 Å². The molecule has 0 spiro atoms. The molecule has 3 rings (SSSR count). The second-order valence-electron chi connectivity index (χ2n) is 5.11. The number of amides is 1. The van der Waals surface area contributed by atoms with E-state index in [1.165, 1.54) is 6.07 Å². The molecule has 0 saturated carbocycles. The number of nitrogens with zero attached hydrogens (tertiary/aromatic N) is 3. The summed E-state index contributed by atoms with van der Waals surface area (Å²) in [7, 11) is 1.87. The fraction of sp³-hybridized carbons (Fsp3) is 0.357. The van der Waals surface area contributed by atoms with Crippen molar-refractivity contribution >= 4 is 17.3 Å². The summed E-state index contributed by atoms with van der Waals surface area (Å²) >= 11 is 0. The first-order chi connectivity index (χ1) is 10.0. The first-order valence-corrected chi connectivity index (χ1v) is 6.75. The molecule has 2 aromatic rings. The minimum Gasteiger partial charge on any atom is -0.375 e. The van der Waals surface area contributed by atoms with Gasteiger partial charge in [-0.05, 0) is 31.0 Å². The maximum absolute atomic E-state index is 14.1. The standard InChI is InChI=1S/C14H16FN5O/c1-8-18-19-13(20(8)2)7-16-12-5-9-3-4-14(21)17-11(9)6-10(12)15/h5-6,16H,3-4,7H2,1-2H3,(H,17,21). The molecule has 0 aliphatic carbocycles. The van der Waals surface area contributed by atoms with Crippen LogP contribution in [0.4, 0.5) is 15.8 Å². The van der Waals surface area contributed by atoms with Crippen LogP contribution >= 0.6 is 0 Å². The maximum atomic E-state index is 14.1. The largest absolute Gasteiger partial charge is 0.375 e. The third-order valence-corrected chi connectivity index (χ3v) is 3.71. The number of halogens is 1. The zero-order valence-electron chi connectivity index (χ0n) is 11.9. The van der Waals surface area contributed by atoms with E-state index in [1.807, 2.05) is 18.5 Å². The molecule has 0 bridgehead atoms. The molecule has 7 heteroatoms. The molecule has 1 aromatic carbocycles. The summed E-state index contributed by atoms with van der Waals surface area (Å²) in [6.45, 7) is 2.25. The van der Waals surface area contributed by atoms with Crippen molar-refractivity contribution in [3.05, 3.63) is 35.2 Å². The first-order valence-electron chi connectivity index (χ1n) is 6.75. The molecule has 21 heavy (non-hydrogen) atoms. The zero-order chi connectivity index (χ0) is 15.0. The number of benzene rings is 1. The quantitative estimate of drug-likeness (QED) is 0.903. The summed E-state index contributed by atoms with van der Waals surface area (Å²) in [4.78, 5) is 11.3. The number of hydrogen-bond donors (Lipinski definition) is 2. The van der Waals surface area contributed by atoms with Gasteiger partial charge in [-0.2, -0.15) is 0 Å². The lowest BCUT2D eigenvalue weighted by atomic mass is 10.0. The number of carbonyl (C=O) groups is 1. The second kappa shape index (κ2) is 5.16. The number of aromatic nitrogens is 3. The maximum Gasteiger partial charge on any atom is 0.224 e. The van der Waals surface area contributed by atoms with E-state index in [9.17, 15) is 9.18 Å². The normalized spacial score (nSPS) is 13.8. The monoisotopic (exact) mass is 289 g/mol. The lowest BCUT2D eigenvalue weighted by molar-refractivity contribution is -0.116. The summed E-state index contributed by atoms with van der Waals surface area (Å²) in [6, 6.07) is 3.10. The highest BCUT2D eigenvalue weighted by Gasteiger charge is 2.17. The molecular weight excluding hydrogens is 273 g/mol. The van der Waals surface area contributed by atoms with Crippen molar-refractivity contribution in [2.75, 3.05) is 10.6 Å². The molecule has 0 radical (unpaired) electrons. The lowest BCUT2D eigenvalue weighted by Gasteiger charge is -2.18. The van der Waals surface area contributed by atoms with Crippen LogP contribution in [0.2, 0.25) is 0 Å². The van der Waals surface area contributed by atoms with Crippen molar-refractivity contribution in [3.63, 3.8) is 0 Å². The molecule has 2 N–H and O–H groups in total. The predicted molar refractivity (Wildman–Crippen MR) is 76.4 cm³/mol. The van der Waals surface area contributed by atoms with Gasteiger partial charge in [0.25, 0.3) is 0 Å². The van der Waals surface area contributed by atoms with E-state index in [1.54, 1.807) is 6.07 Å². The minimum absolute atomic E-state index is 0.0721. The van der Waals surface area contributed by atoms with Gasteiger partial charge in [-0.3, -0.25) is 4.79 Å². The van der Waals surface area contributed by atoms with E-state index in [0.717, 1.165) is 17.2 Å². The van der Waals surface area contributed by atoms with Gasteiger partial charge in [-0.1, -0.05) is 0 Å². The van der Waals surface area contributed by atoms with E-state index in [-0.39, 0.29) is 5.91 Å². The third-order valence-electron chi connectivity index (χ3n) is 3.71. The third kappa shape index (κ3) is 2.58. The van der Waals surface area contributed by atoms with Crippen molar-refractivity contribution in [3.8, 4) is 0 Å². The van der Waals surface area contributed by atoms with E-state index in [2.05, 4.69) is 20.8 Å². The Labute approximate surface area is 121 Å². The highest BCUT2D eigenvalue weighted by atomic mass is 19.1. The summed E-state index contributed by atoms with van der Waals surface area (Å²) in [6.07, 6.45) is 1.06. The first kappa shape index (κ1) is 13.5. The molecule has 0 unspecified atom stereocenters. The Balaban J connectivity index is 1.80. The lowest BCUT2D eigenvalue weighted by Crippen LogP contribution is -2.19. The molecule has 1 aromatic heterocycles. The summed E-state index contributed by atoms with van der Waals surface area (Å²) < 4.78 is 15.9. The zero-order valence-corrected chi connectivity index (χ0v) is 11.9. The van der Waals surface area contributed by atoms with E-state index in [4.69, 9.17) is 0 Å². The van der Waals surface area contributed by atoms with Crippen molar-refractivity contribution in [2.24, 2.45) is 7.05 Å². The van der Waals surface area contributed by atoms with Gasteiger partial charge in [0.05, 0.1) is 12.2 Å². The number of rotatable bonds is 3. The smallest absolute Gasteiger partial charge is 0.224 e. The average molecular weight is 289 g/mol. The van der Waals surface area contributed by atoms with Crippen LogP contribution in [0.25, 0.3) is 0 Å². The highest BCUT2D eigenvalue weighted by molar-refractivity contribution is 5.94. The van der Waals surface area contributed by atoms with Crippen LogP contribution in [-0.2, 0) is 24.8 Å². The van der Waals surface area contributed by atoms with Gasteiger partial charge in [0, 0.05) is 19.2 Å². The van der Waals surface area contributed by atoms with Gasteiger partial charge in [0.2, 0.25) is 5.91 Å². The van der Waals surface area contributed by atoms with Crippen LogP contribution in [0.3, 0.4) is 0 Å². The predicted octanol–water partition coefficient (Wildman–Crippen LogP) is 1.76. The van der Waals surface area contributed by atoms with E-state index >= 15 is 0 Å². The molecule has 1 amide bonds. The van der Waals surface area contributed by atoms with Crippen LogP contribution < -0.4 is 10.6 Å². The van der Waals surface area contributed by atoms with Crippen molar-refractivity contribution < 1.29 is 9.18 Å². The van der Waals surface area contributed by atoms with Crippen LogP contribution in [0, 0.1) is 12.7 Å². The number of aryl methyl sites for hydroxylation is 2. The SMILES string of the molecule is Cc1nnc(CNc2cc3c(cc2F)NC(=O)CC3)n1C. The molecule has 1 aliphatic heterocycles. The van der Waals surface area contributed by atoms with Crippen LogP contribution in [-0.4, -0.2) is 20.7 Å². The van der Waals surface area contributed by atoms with Gasteiger partial charge in [-0.15, -0.1) is 10.2 Å². The summed E-state index contributed by atoms with van der Waals surface area (Å²) in [5.74, 6) is 1.07. The Bertz CT molecular complexity index is 710.